The van der Waals surface area contributed by atoms with Gasteiger partial charge in [0.25, 0.3) is 5.95 Å². The van der Waals surface area contributed by atoms with Crippen molar-refractivity contribution in [1.29, 1.82) is 0 Å². The number of hydrogen-bond donors (Lipinski definition) is 0. The van der Waals surface area contributed by atoms with Crippen LogP contribution >= 0.6 is 0 Å². The van der Waals surface area contributed by atoms with Gasteiger partial charge in [0.1, 0.15) is 5.82 Å². The summed E-state index contributed by atoms with van der Waals surface area (Å²) in [5.41, 5.74) is 4.93. The second kappa shape index (κ2) is 7.03. The Kier molecular flexibility index (Phi) is 4.42. The molecule has 0 saturated carbocycles. The summed E-state index contributed by atoms with van der Waals surface area (Å²) in [6.45, 7) is 5.96. The van der Waals surface area contributed by atoms with Crippen LogP contribution < -0.4 is 4.90 Å². The Hall–Kier alpha value is -3.47. The molecule has 0 radical (unpaired) electrons. The van der Waals surface area contributed by atoms with Crippen molar-refractivity contribution in [3.63, 3.8) is 0 Å². The fraction of sp³-hybridized carbons (Fsp3) is 0.136. The number of aryl methyl sites for hydroxylation is 3. The molecular formula is C22H21N5. The van der Waals surface area contributed by atoms with E-state index in [4.69, 9.17) is 4.98 Å². The van der Waals surface area contributed by atoms with Gasteiger partial charge >= 0.3 is 0 Å². The second-order valence-electron chi connectivity index (χ2n) is 6.51. The average molecular weight is 355 g/mol. The van der Waals surface area contributed by atoms with Crippen LogP contribution in [0.1, 0.15) is 17.1 Å². The van der Waals surface area contributed by atoms with Crippen molar-refractivity contribution in [3.05, 3.63) is 89.9 Å². The molecule has 0 unspecified atom stereocenters. The van der Waals surface area contributed by atoms with Crippen molar-refractivity contribution in [2.75, 3.05) is 4.90 Å². The van der Waals surface area contributed by atoms with Gasteiger partial charge in [-0.1, -0.05) is 36.4 Å². The molecule has 2 aromatic carbocycles. The van der Waals surface area contributed by atoms with Gasteiger partial charge in [0.05, 0.1) is 5.69 Å². The molecule has 4 rings (SSSR count). The third-order valence-corrected chi connectivity index (χ3v) is 4.29. The molecule has 27 heavy (non-hydrogen) atoms. The first-order chi connectivity index (χ1) is 13.1. The third kappa shape index (κ3) is 3.44. The van der Waals surface area contributed by atoms with E-state index in [-0.39, 0.29) is 0 Å². The van der Waals surface area contributed by atoms with E-state index in [1.807, 2.05) is 69.3 Å². The smallest absolute Gasteiger partial charge is 0.252 e. The van der Waals surface area contributed by atoms with Crippen LogP contribution in [0.5, 0.6) is 0 Å². The van der Waals surface area contributed by atoms with Gasteiger partial charge in [-0.25, -0.2) is 9.67 Å². The Morgan fingerprint density at radius 2 is 1.30 bits per heavy atom. The fourth-order valence-electron chi connectivity index (χ4n) is 3.14. The first kappa shape index (κ1) is 17.0. The van der Waals surface area contributed by atoms with E-state index in [1.165, 1.54) is 0 Å². The Morgan fingerprint density at radius 3 is 1.81 bits per heavy atom. The van der Waals surface area contributed by atoms with Gasteiger partial charge in [-0.3, -0.25) is 4.90 Å². The maximum atomic E-state index is 4.85. The van der Waals surface area contributed by atoms with Gasteiger partial charge in [-0.05, 0) is 51.1 Å². The number of anilines is 3. The van der Waals surface area contributed by atoms with Gasteiger partial charge in [0, 0.05) is 28.8 Å². The summed E-state index contributed by atoms with van der Waals surface area (Å²) in [7, 11) is 0. The van der Waals surface area contributed by atoms with Crippen LogP contribution in [0.4, 0.5) is 17.2 Å². The van der Waals surface area contributed by atoms with E-state index in [0.29, 0.717) is 5.95 Å². The van der Waals surface area contributed by atoms with Crippen LogP contribution in [0, 0.1) is 20.8 Å². The van der Waals surface area contributed by atoms with Crippen molar-refractivity contribution >= 4 is 17.2 Å². The largest absolute Gasteiger partial charge is 0.295 e. The minimum Gasteiger partial charge on any atom is -0.295 e. The molecule has 0 N–H and O–H groups in total. The predicted molar refractivity (Wildman–Crippen MR) is 108 cm³/mol. The average Bonchev–Trinajstić information content (AvgIpc) is 3.01. The van der Waals surface area contributed by atoms with Crippen molar-refractivity contribution in [2.45, 2.75) is 20.8 Å². The second-order valence-corrected chi connectivity index (χ2v) is 6.51. The number of para-hydroxylation sites is 2. The monoisotopic (exact) mass is 355 g/mol. The third-order valence-electron chi connectivity index (χ3n) is 4.29. The zero-order chi connectivity index (χ0) is 18.8. The number of hydrogen-bond acceptors (Lipinski definition) is 4. The highest BCUT2D eigenvalue weighted by Gasteiger charge is 2.16. The SMILES string of the molecule is Cc1cc(N(c2ccccc2)c2ccccc2)nc(-n2nc(C)cc2C)n1. The van der Waals surface area contributed by atoms with Gasteiger partial charge in [-0.2, -0.15) is 10.1 Å². The predicted octanol–water partition coefficient (Wildman–Crippen LogP) is 5.06. The maximum Gasteiger partial charge on any atom is 0.252 e. The minimum atomic E-state index is 0.576. The van der Waals surface area contributed by atoms with Crippen LogP contribution in [0.25, 0.3) is 5.95 Å². The van der Waals surface area contributed by atoms with Crippen LogP contribution in [0.15, 0.2) is 72.8 Å². The van der Waals surface area contributed by atoms with Crippen molar-refractivity contribution < 1.29 is 0 Å². The summed E-state index contributed by atoms with van der Waals surface area (Å²) < 4.78 is 1.79. The topological polar surface area (TPSA) is 46.8 Å². The van der Waals surface area contributed by atoms with Crippen molar-refractivity contribution in [3.8, 4) is 5.95 Å². The minimum absolute atomic E-state index is 0.576. The molecule has 0 aliphatic heterocycles. The molecule has 0 spiro atoms. The van der Waals surface area contributed by atoms with Crippen molar-refractivity contribution in [1.82, 2.24) is 19.7 Å². The molecule has 4 aromatic rings. The molecule has 0 aliphatic carbocycles. The summed E-state index contributed by atoms with van der Waals surface area (Å²) in [6.07, 6.45) is 0. The van der Waals surface area contributed by atoms with E-state index in [1.54, 1.807) is 4.68 Å². The van der Waals surface area contributed by atoms with Gasteiger partial charge in [-0.15, -0.1) is 0 Å². The molecular weight excluding hydrogens is 334 g/mol. The van der Waals surface area contributed by atoms with Crippen molar-refractivity contribution in [2.24, 2.45) is 0 Å². The summed E-state index contributed by atoms with van der Waals surface area (Å²) in [4.78, 5) is 11.6. The van der Waals surface area contributed by atoms with Gasteiger partial charge in [0.2, 0.25) is 0 Å². The van der Waals surface area contributed by atoms with E-state index in [9.17, 15) is 0 Å². The number of rotatable bonds is 4. The highest BCUT2D eigenvalue weighted by atomic mass is 15.4. The Morgan fingerprint density at radius 1 is 0.704 bits per heavy atom. The van der Waals surface area contributed by atoms with Crippen LogP contribution in [-0.2, 0) is 0 Å². The standard InChI is InChI=1S/C22H21N5/c1-16-15-21(24-22(23-16)27-18(3)14-17(2)25-27)26(19-10-6-4-7-11-19)20-12-8-5-9-13-20/h4-15H,1-3H3. The van der Waals surface area contributed by atoms with E-state index >= 15 is 0 Å². The molecule has 0 aliphatic rings. The number of nitrogens with zero attached hydrogens (tertiary/aromatic N) is 5. The molecule has 2 aromatic heterocycles. The van der Waals surface area contributed by atoms with Crippen LogP contribution in [-0.4, -0.2) is 19.7 Å². The Labute approximate surface area is 159 Å². The summed E-state index contributed by atoms with van der Waals surface area (Å²) in [6, 6.07) is 24.5. The molecule has 134 valence electrons. The lowest BCUT2D eigenvalue weighted by Crippen LogP contribution is -2.15. The normalized spacial score (nSPS) is 10.8. The lowest BCUT2D eigenvalue weighted by molar-refractivity contribution is 0.768. The maximum absolute atomic E-state index is 4.85. The van der Waals surface area contributed by atoms with Gasteiger partial charge < -0.3 is 0 Å². The highest BCUT2D eigenvalue weighted by molar-refractivity contribution is 5.74. The van der Waals surface area contributed by atoms with Crippen LogP contribution in [0.3, 0.4) is 0 Å². The zero-order valence-electron chi connectivity index (χ0n) is 15.7. The summed E-state index contributed by atoms with van der Waals surface area (Å²) in [5.74, 6) is 1.38. The molecule has 0 atom stereocenters. The summed E-state index contributed by atoms with van der Waals surface area (Å²) >= 11 is 0. The molecule has 5 nitrogen and oxygen atoms in total. The molecule has 0 bridgehead atoms. The molecule has 0 fully saturated rings. The first-order valence-corrected chi connectivity index (χ1v) is 8.91. The lowest BCUT2D eigenvalue weighted by atomic mass is 10.2. The molecule has 0 amide bonds. The first-order valence-electron chi connectivity index (χ1n) is 8.91. The molecule has 0 saturated heterocycles. The zero-order valence-corrected chi connectivity index (χ0v) is 15.7. The Bertz CT molecular complexity index is 1020. The van der Waals surface area contributed by atoms with Crippen LogP contribution in [0.2, 0.25) is 0 Å². The highest BCUT2D eigenvalue weighted by Crippen LogP contribution is 2.33. The number of benzene rings is 2. The Balaban J connectivity index is 1.89. The fourth-order valence-corrected chi connectivity index (χ4v) is 3.14. The van der Waals surface area contributed by atoms with E-state index in [0.717, 1.165) is 34.3 Å². The molecule has 5 heteroatoms. The summed E-state index contributed by atoms with van der Waals surface area (Å²) in [5, 5.41) is 4.54. The quantitative estimate of drug-likeness (QED) is 0.513. The number of aromatic nitrogens is 4. The molecule has 2 heterocycles. The lowest BCUT2D eigenvalue weighted by Gasteiger charge is -2.24. The van der Waals surface area contributed by atoms with Gasteiger partial charge in [0.15, 0.2) is 0 Å². The van der Waals surface area contributed by atoms with E-state index < -0.39 is 0 Å². The van der Waals surface area contributed by atoms with E-state index in [2.05, 4.69) is 39.2 Å².